The molecule has 0 aliphatic rings. The Morgan fingerprint density at radius 1 is 1.35 bits per heavy atom. The SMILES string of the molecule is CCOc1cc(F)cc(C(O)C(O)CCBr)c1. The van der Waals surface area contributed by atoms with E-state index in [-0.39, 0.29) is 0 Å². The van der Waals surface area contributed by atoms with Crippen molar-refractivity contribution in [3.05, 3.63) is 29.6 Å². The number of ether oxygens (including phenoxy) is 1. The average Bonchev–Trinajstić information content (AvgIpc) is 2.28. The van der Waals surface area contributed by atoms with E-state index in [0.29, 0.717) is 29.7 Å². The molecule has 1 aromatic rings. The molecular weight excluding hydrogens is 291 g/mol. The molecule has 0 aliphatic heterocycles. The molecule has 17 heavy (non-hydrogen) atoms. The maximum atomic E-state index is 13.3. The summed E-state index contributed by atoms with van der Waals surface area (Å²) in [5.74, 6) is -0.136. The van der Waals surface area contributed by atoms with Gasteiger partial charge in [-0.1, -0.05) is 15.9 Å². The van der Waals surface area contributed by atoms with Gasteiger partial charge in [-0.2, -0.15) is 0 Å². The van der Waals surface area contributed by atoms with Crippen LogP contribution in [0, 0.1) is 5.82 Å². The first-order valence-electron chi connectivity index (χ1n) is 5.43. The molecule has 0 aliphatic carbocycles. The van der Waals surface area contributed by atoms with E-state index < -0.39 is 18.0 Å². The lowest BCUT2D eigenvalue weighted by Crippen LogP contribution is -2.18. The van der Waals surface area contributed by atoms with Gasteiger partial charge in [-0.15, -0.1) is 0 Å². The predicted octanol–water partition coefficient (Wildman–Crippen LogP) is 2.40. The number of hydrogen-bond acceptors (Lipinski definition) is 3. The number of rotatable bonds is 6. The lowest BCUT2D eigenvalue weighted by molar-refractivity contribution is 0.0171. The molecule has 0 fully saturated rings. The van der Waals surface area contributed by atoms with Gasteiger partial charge in [0.2, 0.25) is 0 Å². The average molecular weight is 307 g/mol. The molecular formula is C12H16BrFO3. The molecule has 0 saturated heterocycles. The monoisotopic (exact) mass is 306 g/mol. The highest BCUT2D eigenvalue weighted by Crippen LogP contribution is 2.25. The van der Waals surface area contributed by atoms with Gasteiger partial charge in [0, 0.05) is 11.4 Å². The molecule has 2 unspecified atom stereocenters. The van der Waals surface area contributed by atoms with E-state index in [1.165, 1.54) is 18.2 Å². The van der Waals surface area contributed by atoms with E-state index >= 15 is 0 Å². The normalized spacial score (nSPS) is 14.4. The smallest absolute Gasteiger partial charge is 0.127 e. The summed E-state index contributed by atoms with van der Waals surface area (Å²) in [4.78, 5) is 0. The predicted molar refractivity (Wildman–Crippen MR) is 66.9 cm³/mol. The van der Waals surface area contributed by atoms with E-state index in [9.17, 15) is 14.6 Å². The third-order valence-corrected chi connectivity index (χ3v) is 2.77. The van der Waals surface area contributed by atoms with E-state index in [1.54, 1.807) is 6.92 Å². The second kappa shape index (κ2) is 6.93. The lowest BCUT2D eigenvalue weighted by atomic mass is 10.0. The summed E-state index contributed by atoms with van der Waals surface area (Å²) < 4.78 is 18.5. The highest BCUT2D eigenvalue weighted by atomic mass is 79.9. The van der Waals surface area contributed by atoms with Crippen LogP contribution in [-0.4, -0.2) is 28.3 Å². The number of benzene rings is 1. The second-order valence-corrected chi connectivity index (χ2v) is 4.44. The maximum Gasteiger partial charge on any atom is 0.127 e. The fourth-order valence-electron chi connectivity index (χ4n) is 1.50. The van der Waals surface area contributed by atoms with Crippen LogP contribution in [0.4, 0.5) is 4.39 Å². The van der Waals surface area contributed by atoms with Crippen molar-refractivity contribution in [1.82, 2.24) is 0 Å². The molecule has 5 heteroatoms. The quantitative estimate of drug-likeness (QED) is 0.794. The number of aliphatic hydroxyl groups excluding tert-OH is 2. The Bertz CT molecular complexity index is 360. The van der Waals surface area contributed by atoms with Crippen molar-refractivity contribution in [2.45, 2.75) is 25.6 Å². The van der Waals surface area contributed by atoms with Crippen molar-refractivity contribution in [2.75, 3.05) is 11.9 Å². The highest BCUT2D eigenvalue weighted by Gasteiger charge is 2.19. The van der Waals surface area contributed by atoms with Crippen LogP contribution >= 0.6 is 15.9 Å². The summed E-state index contributed by atoms with van der Waals surface area (Å²) >= 11 is 3.17. The van der Waals surface area contributed by atoms with Gasteiger partial charge in [0.05, 0.1) is 12.7 Å². The summed E-state index contributed by atoms with van der Waals surface area (Å²) in [6.45, 7) is 2.21. The molecule has 0 aromatic heterocycles. The van der Waals surface area contributed by atoms with Gasteiger partial charge in [0.25, 0.3) is 0 Å². The Morgan fingerprint density at radius 3 is 2.65 bits per heavy atom. The van der Waals surface area contributed by atoms with Crippen LogP contribution in [0.3, 0.4) is 0 Å². The zero-order valence-corrected chi connectivity index (χ0v) is 11.2. The van der Waals surface area contributed by atoms with Gasteiger partial charge in [0.15, 0.2) is 0 Å². The Labute approximate surface area is 108 Å². The fraction of sp³-hybridized carbons (Fsp3) is 0.500. The molecule has 2 N–H and O–H groups in total. The second-order valence-electron chi connectivity index (χ2n) is 3.64. The van der Waals surface area contributed by atoms with Crippen molar-refractivity contribution < 1.29 is 19.3 Å². The highest BCUT2D eigenvalue weighted by molar-refractivity contribution is 9.09. The van der Waals surface area contributed by atoms with Gasteiger partial charge < -0.3 is 14.9 Å². The number of aliphatic hydroxyl groups is 2. The summed E-state index contributed by atoms with van der Waals surface area (Å²) in [7, 11) is 0. The molecule has 0 bridgehead atoms. The lowest BCUT2D eigenvalue weighted by Gasteiger charge is -2.18. The number of hydrogen-bond donors (Lipinski definition) is 2. The molecule has 1 aromatic carbocycles. The van der Waals surface area contributed by atoms with Crippen molar-refractivity contribution in [1.29, 1.82) is 0 Å². The molecule has 0 radical (unpaired) electrons. The zero-order valence-electron chi connectivity index (χ0n) is 9.57. The van der Waals surface area contributed by atoms with Crippen LogP contribution in [0.1, 0.15) is 25.0 Å². The van der Waals surface area contributed by atoms with Crippen LogP contribution in [0.5, 0.6) is 5.75 Å². The molecule has 0 heterocycles. The van der Waals surface area contributed by atoms with Crippen LogP contribution in [-0.2, 0) is 0 Å². The molecule has 0 saturated carbocycles. The maximum absolute atomic E-state index is 13.3. The first-order chi connectivity index (χ1) is 8.08. The van der Waals surface area contributed by atoms with Gasteiger partial charge in [-0.05, 0) is 31.0 Å². The largest absolute Gasteiger partial charge is 0.494 e. The van der Waals surface area contributed by atoms with Gasteiger partial charge >= 0.3 is 0 Å². The Morgan fingerprint density at radius 2 is 2.06 bits per heavy atom. The number of alkyl halides is 1. The van der Waals surface area contributed by atoms with Crippen molar-refractivity contribution >= 4 is 15.9 Å². The van der Waals surface area contributed by atoms with E-state index in [0.717, 1.165) is 0 Å². The van der Waals surface area contributed by atoms with Crippen LogP contribution in [0.15, 0.2) is 18.2 Å². The Kier molecular flexibility index (Phi) is 5.88. The molecule has 3 nitrogen and oxygen atoms in total. The summed E-state index contributed by atoms with van der Waals surface area (Å²) in [6.07, 6.45) is -1.64. The Balaban J connectivity index is 2.88. The van der Waals surface area contributed by atoms with Crippen LogP contribution in [0.25, 0.3) is 0 Å². The minimum Gasteiger partial charge on any atom is -0.494 e. The summed E-state index contributed by atoms with van der Waals surface area (Å²) in [6, 6.07) is 3.98. The third kappa shape index (κ3) is 4.26. The van der Waals surface area contributed by atoms with E-state index in [2.05, 4.69) is 15.9 Å². The zero-order chi connectivity index (χ0) is 12.8. The first-order valence-corrected chi connectivity index (χ1v) is 6.56. The first kappa shape index (κ1) is 14.4. The van der Waals surface area contributed by atoms with Gasteiger partial charge in [-0.25, -0.2) is 4.39 Å². The Hall–Kier alpha value is -0.650. The van der Waals surface area contributed by atoms with Crippen molar-refractivity contribution in [3.63, 3.8) is 0 Å². The minimum atomic E-state index is -1.11. The van der Waals surface area contributed by atoms with Crippen LogP contribution < -0.4 is 4.74 Å². The molecule has 96 valence electrons. The van der Waals surface area contributed by atoms with E-state index in [4.69, 9.17) is 4.74 Å². The fourth-order valence-corrected chi connectivity index (χ4v) is 1.97. The van der Waals surface area contributed by atoms with Crippen molar-refractivity contribution in [3.8, 4) is 5.75 Å². The summed E-state index contributed by atoms with van der Waals surface area (Å²) in [5.41, 5.74) is 0.321. The van der Waals surface area contributed by atoms with E-state index in [1.807, 2.05) is 0 Å². The van der Waals surface area contributed by atoms with Gasteiger partial charge in [0.1, 0.15) is 17.7 Å². The summed E-state index contributed by atoms with van der Waals surface area (Å²) in [5, 5.41) is 20.1. The van der Waals surface area contributed by atoms with Crippen LogP contribution in [0.2, 0.25) is 0 Å². The number of halogens is 2. The molecule has 0 amide bonds. The molecule has 2 atom stereocenters. The van der Waals surface area contributed by atoms with Crippen molar-refractivity contribution in [2.24, 2.45) is 0 Å². The van der Waals surface area contributed by atoms with Gasteiger partial charge in [-0.3, -0.25) is 0 Å². The molecule has 0 spiro atoms. The minimum absolute atomic E-state index is 0.321. The third-order valence-electron chi connectivity index (χ3n) is 2.32. The molecule has 1 rings (SSSR count). The topological polar surface area (TPSA) is 49.7 Å². The standard InChI is InChI=1S/C12H16BrFO3/c1-2-17-10-6-8(5-9(14)7-10)12(16)11(15)3-4-13/h5-7,11-12,15-16H,2-4H2,1H3.